The van der Waals surface area contributed by atoms with Gasteiger partial charge in [0, 0.05) is 6.42 Å². The molecular formula is C17H36O4. The summed E-state index contributed by atoms with van der Waals surface area (Å²) in [5, 5.41) is 19.4. The fourth-order valence-corrected chi connectivity index (χ4v) is 1.87. The monoisotopic (exact) mass is 304 g/mol. The minimum Gasteiger partial charge on any atom is -0.390 e. The van der Waals surface area contributed by atoms with E-state index in [1.54, 1.807) is 6.92 Å². The van der Waals surface area contributed by atoms with E-state index < -0.39 is 18.5 Å². The van der Waals surface area contributed by atoms with Crippen molar-refractivity contribution in [3.63, 3.8) is 0 Å². The van der Waals surface area contributed by atoms with Crippen LogP contribution in [0.1, 0.15) is 67.7 Å². The predicted molar refractivity (Wildman–Crippen MR) is 88.3 cm³/mol. The molecule has 0 aromatic rings. The van der Waals surface area contributed by atoms with Crippen LogP contribution in [0.3, 0.4) is 0 Å². The highest BCUT2D eigenvalue weighted by molar-refractivity contribution is 4.82. The van der Waals surface area contributed by atoms with Crippen molar-refractivity contribution in [2.75, 3.05) is 0 Å². The molecule has 128 valence electrons. The van der Waals surface area contributed by atoms with Crippen molar-refractivity contribution in [2.45, 2.75) is 97.9 Å². The molecular weight excluding hydrogens is 268 g/mol. The molecule has 0 unspecified atom stereocenters. The van der Waals surface area contributed by atoms with Gasteiger partial charge < -0.3 is 19.7 Å². The second-order valence-electron chi connectivity index (χ2n) is 5.28. The van der Waals surface area contributed by atoms with Gasteiger partial charge in [-0.2, -0.15) is 0 Å². The third kappa shape index (κ3) is 9.25. The lowest BCUT2D eigenvalue weighted by Crippen LogP contribution is -2.49. The van der Waals surface area contributed by atoms with Crippen LogP contribution in [0, 0.1) is 0 Å². The van der Waals surface area contributed by atoms with E-state index in [0.29, 0.717) is 6.42 Å². The molecule has 21 heavy (non-hydrogen) atoms. The Morgan fingerprint density at radius 3 is 2.19 bits per heavy atom. The molecule has 1 fully saturated rings. The molecule has 2 N–H and O–H groups in total. The first-order valence-electron chi connectivity index (χ1n) is 8.16. The topological polar surface area (TPSA) is 58.9 Å². The summed E-state index contributed by atoms with van der Waals surface area (Å²) in [6, 6.07) is 0. The van der Waals surface area contributed by atoms with Gasteiger partial charge in [0.05, 0.1) is 17.8 Å². The lowest BCUT2D eigenvalue weighted by Gasteiger charge is -2.39. The zero-order valence-electron chi connectivity index (χ0n) is 14.9. The van der Waals surface area contributed by atoms with E-state index in [1.807, 2.05) is 47.6 Å². The molecule has 1 rings (SSSR count). The van der Waals surface area contributed by atoms with Crippen molar-refractivity contribution >= 4 is 0 Å². The van der Waals surface area contributed by atoms with E-state index in [4.69, 9.17) is 9.47 Å². The molecule has 0 radical (unpaired) electrons. The second-order valence-corrected chi connectivity index (χ2v) is 5.28. The van der Waals surface area contributed by atoms with Gasteiger partial charge in [0.1, 0.15) is 6.10 Å². The van der Waals surface area contributed by atoms with Crippen LogP contribution in [0.15, 0.2) is 12.7 Å². The first kappa shape index (κ1) is 22.9. The summed E-state index contributed by atoms with van der Waals surface area (Å²) < 4.78 is 11.3. The van der Waals surface area contributed by atoms with Crippen LogP contribution in [0.25, 0.3) is 0 Å². The molecule has 4 heteroatoms. The molecule has 0 amide bonds. The van der Waals surface area contributed by atoms with Gasteiger partial charge in [-0.15, -0.1) is 6.58 Å². The molecule has 0 spiro atoms. The first-order valence-corrected chi connectivity index (χ1v) is 8.16. The zero-order valence-corrected chi connectivity index (χ0v) is 14.9. The Kier molecular flexibility index (Phi) is 13.2. The molecule has 0 aliphatic carbocycles. The van der Waals surface area contributed by atoms with Crippen LogP contribution >= 0.6 is 0 Å². The Bertz CT molecular complexity index is 253. The van der Waals surface area contributed by atoms with Gasteiger partial charge in [-0.3, -0.25) is 0 Å². The van der Waals surface area contributed by atoms with Crippen molar-refractivity contribution in [1.29, 1.82) is 0 Å². The molecule has 4 nitrogen and oxygen atoms in total. The molecule has 0 saturated carbocycles. The highest BCUT2D eigenvalue weighted by atomic mass is 16.7. The minimum atomic E-state index is -0.774. The Hall–Kier alpha value is -0.420. The normalized spacial score (nSPS) is 28.6. The van der Waals surface area contributed by atoms with Crippen LogP contribution in [0.2, 0.25) is 0 Å². The maximum atomic E-state index is 9.82. The van der Waals surface area contributed by atoms with Gasteiger partial charge in [-0.25, -0.2) is 0 Å². The summed E-state index contributed by atoms with van der Waals surface area (Å²) >= 11 is 0. The number of hydrogen-bond donors (Lipinski definition) is 2. The Labute approximate surface area is 131 Å². The maximum absolute atomic E-state index is 9.82. The van der Waals surface area contributed by atoms with E-state index in [9.17, 15) is 10.2 Å². The third-order valence-electron chi connectivity index (χ3n) is 3.07. The van der Waals surface area contributed by atoms with Crippen LogP contribution < -0.4 is 0 Å². The SMILES string of the molecule is C=CCCC(C)(C)O[C@@H]1O[C@@H](C)[C@H](O)C[C@H]1O.CC.CC. The molecule has 0 aromatic heterocycles. The predicted octanol–water partition coefficient (Wildman–Crippen LogP) is 3.66. The van der Waals surface area contributed by atoms with Crippen molar-refractivity contribution in [2.24, 2.45) is 0 Å². The van der Waals surface area contributed by atoms with E-state index in [1.165, 1.54) is 0 Å². The largest absolute Gasteiger partial charge is 0.390 e. The van der Waals surface area contributed by atoms with E-state index in [2.05, 4.69) is 6.58 Å². The summed E-state index contributed by atoms with van der Waals surface area (Å²) in [5.74, 6) is 0. The quantitative estimate of drug-likeness (QED) is 0.761. The standard InChI is InChI=1S/C13H24O4.2C2H6/c1-5-6-7-13(3,4)17-12-11(15)8-10(14)9(2)16-12;2*1-2/h5,9-12,14-15H,1,6-8H2,2-4H3;2*1-2H3/t9-,10+,11+,12-;;/m0../s1. The summed E-state index contributed by atoms with van der Waals surface area (Å²) in [7, 11) is 0. The number of aliphatic hydroxyl groups excluding tert-OH is 2. The Morgan fingerprint density at radius 1 is 1.19 bits per heavy atom. The molecule has 4 atom stereocenters. The molecule has 1 heterocycles. The fourth-order valence-electron chi connectivity index (χ4n) is 1.87. The lowest BCUT2D eigenvalue weighted by atomic mass is 10.0. The smallest absolute Gasteiger partial charge is 0.184 e. The molecule has 1 aliphatic heterocycles. The molecule has 1 saturated heterocycles. The fraction of sp³-hybridized carbons (Fsp3) is 0.882. The van der Waals surface area contributed by atoms with Gasteiger partial charge in [0.2, 0.25) is 0 Å². The van der Waals surface area contributed by atoms with Crippen molar-refractivity contribution in [3.8, 4) is 0 Å². The van der Waals surface area contributed by atoms with Crippen LogP contribution in [-0.2, 0) is 9.47 Å². The summed E-state index contributed by atoms with van der Waals surface area (Å²) in [4.78, 5) is 0. The van der Waals surface area contributed by atoms with Crippen molar-refractivity contribution in [3.05, 3.63) is 12.7 Å². The zero-order chi connectivity index (χ0) is 17.1. The lowest BCUT2D eigenvalue weighted by molar-refractivity contribution is -0.291. The van der Waals surface area contributed by atoms with Crippen molar-refractivity contribution in [1.82, 2.24) is 0 Å². The van der Waals surface area contributed by atoms with Gasteiger partial charge in [-0.05, 0) is 33.6 Å². The Balaban J connectivity index is 0. The Morgan fingerprint density at radius 2 is 1.71 bits per heavy atom. The van der Waals surface area contributed by atoms with Gasteiger partial charge in [0.25, 0.3) is 0 Å². The molecule has 0 bridgehead atoms. The minimum absolute atomic E-state index is 0.295. The number of aliphatic hydroxyl groups is 2. The number of hydrogen-bond acceptors (Lipinski definition) is 4. The summed E-state index contributed by atoms with van der Waals surface area (Å²) in [6.07, 6.45) is 1.45. The van der Waals surface area contributed by atoms with Gasteiger partial charge in [-0.1, -0.05) is 33.8 Å². The first-order chi connectivity index (χ1) is 9.85. The van der Waals surface area contributed by atoms with Gasteiger partial charge >= 0.3 is 0 Å². The van der Waals surface area contributed by atoms with Crippen LogP contribution in [0.5, 0.6) is 0 Å². The number of rotatable bonds is 5. The summed E-state index contributed by atoms with van der Waals surface area (Å²) in [6.45, 7) is 17.4. The van der Waals surface area contributed by atoms with Crippen molar-refractivity contribution < 1.29 is 19.7 Å². The average Bonchev–Trinajstić information content (AvgIpc) is 2.47. The molecule has 1 aliphatic rings. The van der Waals surface area contributed by atoms with Crippen LogP contribution in [-0.4, -0.2) is 40.4 Å². The number of ether oxygens (including phenoxy) is 2. The number of allylic oxidation sites excluding steroid dienone is 1. The van der Waals surface area contributed by atoms with E-state index in [-0.39, 0.29) is 11.7 Å². The second kappa shape index (κ2) is 12.2. The molecule has 0 aromatic carbocycles. The average molecular weight is 304 g/mol. The maximum Gasteiger partial charge on any atom is 0.184 e. The van der Waals surface area contributed by atoms with E-state index >= 15 is 0 Å². The highest BCUT2D eigenvalue weighted by Crippen LogP contribution is 2.27. The highest BCUT2D eigenvalue weighted by Gasteiger charge is 2.37. The third-order valence-corrected chi connectivity index (χ3v) is 3.07. The van der Waals surface area contributed by atoms with E-state index in [0.717, 1.165) is 12.8 Å². The van der Waals surface area contributed by atoms with Crippen LogP contribution in [0.4, 0.5) is 0 Å². The summed E-state index contributed by atoms with van der Waals surface area (Å²) in [5.41, 5.74) is -0.373. The van der Waals surface area contributed by atoms with Gasteiger partial charge in [0.15, 0.2) is 6.29 Å².